The van der Waals surface area contributed by atoms with Crippen LogP contribution in [-0.2, 0) is 15.6 Å². The molecule has 0 aliphatic carbocycles. The molecule has 1 atom stereocenters. The molecule has 0 spiro atoms. The lowest BCUT2D eigenvalue weighted by atomic mass is 10.2. The SMILES string of the molecule is CS(=O)(=O)Cc1cc(NC2CCSC2)ccc1Cl. The molecule has 1 aromatic carbocycles. The summed E-state index contributed by atoms with van der Waals surface area (Å²) in [5, 5.41) is 3.93. The van der Waals surface area contributed by atoms with Crippen LogP contribution in [-0.4, -0.2) is 32.2 Å². The summed E-state index contributed by atoms with van der Waals surface area (Å²) in [6, 6.07) is 5.97. The fraction of sp³-hybridized carbons (Fsp3) is 0.500. The lowest BCUT2D eigenvalue weighted by molar-refractivity contribution is 0.601. The zero-order valence-electron chi connectivity index (χ0n) is 10.1. The minimum atomic E-state index is -3.06. The Kier molecular flexibility index (Phi) is 4.45. The molecule has 2 rings (SSSR count). The van der Waals surface area contributed by atoms with Gasteiger partial charge in [0.15, 0.2) is 9.84 Å². The van der Waals surface area contributed by atoms with Gasteiger partial charge in [0.25, 0.3) is 0 Å². The van der Waals surface area contributed by atoms with Gasteiger partial charge in [0.2, 0.25) is 0 Å². The molecule has 0 amide bonds. The topological polar surface area (TPSA) is 46.2 Å². The molecule has 0 bridgehead atoms. The van der Waals surface area contributed by atoms with Crippen molar-refractivity contribution < 1.29 is 8.42 Å². The summed E-state index contributed by atoms with van der Waals surface area (Å²) in [6.07, 6.45) is 2.37. The van der Waals surface area contributed by atoms with Crippen LogP contribution in [0.3, 0.4) is 0 Å². The molecule has 1 fully saturated rings. The molecule has 3 nitrogen and oxygen atoms in total. The number of anilines is 1. The van der Waals surface area contributed by atoms with Gasteiger partial charge in [0, 0.05) is 28.8 Å². The highest BCUT2D eigenvalue weighted by molar-refractivity contribution is 7.99. The van der Waals surface area contributed by atoms with Crippen molar-refractivity contribution in [1.29, 1.82) is 0 Å². The molecule has 1 unspecified atom stereocenters. The van der Waals surface area contributed by atoms with Crippen LogP contribution < -0.4 is 5.32 Å². The van der Waals surface area contributed by atoms with E-state index in [0.29, 0.717) is 16.6 Å². The third-order valence-electron chi connectivity index (χ3n) is 2.76. The molecule has 100 valence electrons. The monoisotopic (exact) mass is 305 g/mol. The Labute approximate surface area is 117 Å². The maximum atomic E-state index is 11.3. The summed E-state index contributed by atoms with van der Waals surface area (Å²) in [5.41, 5.74) is 1.61. The van der Waals surface area contributed by atoms with Crippen LogP contribution in [0.2, 0.25) is 5.02 Å². The fourth-order valence-electron chi connectivity index (χ4n) is 1.94. The quantitative estimate of drug-likeness (QED) is 0.929. The van der Waals surface area contributed by atoms with Crippen molar-refractivity contribution >= 4 is 38.9 Å². The third-order valence-corrected chi connectivity index (χ3v) is 5.13. The van der Waals surface area contributed by atoms with E-state index in [0.717, 1.165) is 17.9 Å². The predicted molar refractivity (Wildman–Crippen MR) is 79.4 cm³/mol. The van der Waals surface area contributed by atoms with Gasteiger partial charge in [0.05, 0.1) is 5.75 Å². The molecule has 18 heavy (non-hydrogen) atoms. The predicted octanol–water partition coefficient (Wildman–Crippen LogP) is 2.80. The first-order valence-corrected chi connectivity index (χ1v) is 9.34. The number of hydrogen-bond acceptors (Lipinski definition) is 4. The van der Waals surface area contributed by atoms with Crippen molar-refractivity contribution in [3.8, 4) is 0 Å². The third kappa shape index (κ3) is 4.07. The van der Waals surface area contributed by atoms with Crippen LogP contribution in [0.5, 0.6) is 0 Å². The smallest absolute Gasteiger partial charge is 0.151 e. The van der Waals surface area contributed by atoms with Crippen molar-refractivity contribution in [2.45, 2.75) is 18.2 Å². The van der Waals surface area contributed by atoms with Crippen molar-refractivity contribution in [3.63, 3.8) is 0 Å². The molecule has 1 saturated heterocycles. The summed E-state index contributed by atoms with van der Waals surface area (Å²) >= 11 is 7.96. The first-order chi connectivity index (χ1) is 8.44. The van der Waals surface area contributed by atoms with Gasteiger partial charge in [0.1, 0.15) is 0 Å². The van der Waals surface area contributed by atoms with Gasteiger partial charge in [-0.15, -0.1) is 0 Å². The van der Waals surface area contributed by atoms with Crippen molar-refractivity contribution in [1.82, 2.24) is 0 Å². The number of benzene rings is 1. The van der Waals surface area contributed by atoms with E-state index in [9.17, 15) is 8.42 Å². The van der Waals surface area contributed by atoms with E-state index in [1.54, 1.807) is 6.07 Å². The number of hydrogen-bond donors (Lipinski definition) is 1. The van der Waals surface area contributed by atoms with E-state index < -0.39 is 9.84 Å². The van der Waals surface area contributed by atoms with Crippen LogP contribution in [0.25, 0.3) is 0 Å². The van der Waals surface area contributed by atoms with E-state index in [1.807, 2.05) is 23.9 Å². The van der Waals surface area contributed by atoms with E-state index in [1.165, 1.54) is 12.0 Å². The van der Waals surface area contributed by atoms with Gasteiger partial charge < -0.3 is 5.32 Å². The average Bonchev–Trinajstić information content (AvgIpc) is 2.74. The molecule has 1 aliphatic rings. The van der Waals surface area contributed by atoms with Crippen LogP contribution in [0.4, 0.5) is 5.69 Å². The Morgan fingerprint density at radius 1 is 1.50 bits per heavy atom. The zero-order valence-corrected chi connectivity index (χ0v) is 12.5. The highest BCUT2D eigenvalue weighted by atomic mass is 35.5. The van der Waals surface area contributed by atoms with Crippen molar-refractivity contribution in [3.05, 3.63) is 28.8 Å². The molecule has 0 aromatic heterocycles. The zero-order chi connectivity index (χ0) is 13.2. The molecule has 1 heterocycles. The number of rotatable bonds is 4. The summed E-state index contributed by atoms with van der Waals surface area (Å²) in [7, 11) is -3.06. The minimum Gasteiger partial charge on any atom is -0.381 e. The number of sulfone groups is 1. The Morgan fingerprint density at radius 2 is 2.28 bits per heavy atom. The first kappa shape index (κ1) is 14.0. The van der Waals surface area contributed by atoms with Gasteiger partial charge in [-0.05, 0) is 35.9 Å². The normalized spacial score (nSPS) is 20.0. The maximum Gasteiger partial charge on any atom is 0.151 e. The number of nitrogens with one attached hydrogen (secondary N) is 1. The van der Waals surface area contributed by atoms with E-state index in [2.05, 4.69) is 5.32 Å². The van der Waals surface area contributed by atoms with Gasteiger partial charge in [-0.2, -0.15) is 11.8 Å². The Hall–Kier alpha value is -0.390. The molecule has 1 aromatic rings. The highest BCUT2D eigenvalue weighted by Gasteiger charge is 2.16. The number of halogens is 1. The second-order valence-corrected chi connectivity index (χ2v) is 8.28. The Bertz CT molecular complexity index is 525. The molecule has 1 N–H and O–H groups in total. The average molecular weight is 306 g/mol. The van der Waals surface area contributed by atoms with Gasteiger partial charge in [-0.25, -0.2) is 8.42 Å². The lowest BCUT2D eigenvalue weighted by Gasteiger charge is -2.14. The van der Waals surface area contributed by atoms with E-state index in [4.69, 9.17) is 11.6 Å². The molecular formula is C12H16ClNO2S2. The summed E-state index contributed by atoms with van der Waals surface area (Å²) < 4.78 is 22.7. The molecule has 6 heteroatoms. The van der Waals surface area contributed by atoms with Gasteiger partial charge >= 0.3 is 0 Å². The standard InChI is InChI=1S/C12H16ClNO2S2/c1-18(15,16)8-9-6-10(2-3-12(9)13)14-11-4-5-17-7-11/h2-3,6,11,14H,4-5,7-8H2,1H3. The summed E-state index contributed by atoms with van der Waals surface area (Å²) in [6.45, 7) is 0. The Morgan fingerprint density at radius 3 is 2.89 bits per heavy atom. The van der Waals surface area contributed by atoms with Crippen LogP contribution in [0, 0.1) is 0 Å². The second-order valence-electron chi connectivity index (χ2n) is 4.58. The molecule has 1 aliphatic heterocycles. The molecular weight excluding hydrogens is 290 g/mol. The second kappa shape index (κ2) is 5.72. The Balaban J connectivity index is 2.15. The van der Waals surface area contributed by atoms with Crippen LogP contribution in [0.15, 0.2) is 18.2 Å². The highest BCUT2D eigenvalue weighted by Crippen LogP contribution is 2.25. The van der Waals surface area contributed by atoms with E-state index in [-0.39, 0.29) is 5.75 Å². The maximum absolute atomic E-state index is 11.3. The van der Waals surface area contributed by atoms with Crippen LogP contribution >= 0.6 is 23.4 Å². The molecule has 0 saturated carbocycles. The van der Waals surface area contributed by atoms with Crippen molar-refractivity contribution in [2.24, 2.45) is 0 Å². The fourth-order valence-corrected chi connectivity index (χ4v) is 4.16. The van der Waals surface area contributed by atoms with E-state index >= 15 is 0 Å². The van der Waals surface area contributed by atoms with Gasteiger partial charge in [-0.1, -0.05) is 11.6 Å². The summed E-state index contributed by atoms with van der Waals surface area (Å²) in [5.74, 6) is 2.27. The lowest BCUT2D eigenvalue weighted by Crippen LogP contribution is -2.18. The van der Waals surface area contributed by atoms with Crippen LogP contribution in [0.1, 0.15) is 12.0 Å². The number of thioether (sulfide) groups is 1. The van der Waals surface area contributed by atoms with Gasteiger partial charge in [-0.3, -0.25) is 0 Å². The van der Waals surface area contributed by atoms with Crippen molar-refractivity contribution in [2.75, 3.05) is 23.1 Å². The largest absolute Gasteiger partial charge is 0.381 e. The first-order valence-electron chi connectivity index (χ1n) is 5.74. The minimum absolute atomic E-state index is 0.0131. The summed E-state index contributed by atoms with van der Waals surface area (Å²) in [4.78, 5) is 0. The molecule has 0 radical (unpaired) electrons.